The molecule has 0 aromatic heterocycles. The molecule has 1 aromatic carbocycles. The lowest BCUT2D eigenvalue weighted by Gasteiger charge is -2.14. The number of hydrogen-bond donors (Lipinski definition) is 1. The fourth-order valence-corrected chi connectivity index (χ4v) is 1.30. The molecule has 0 unspecified atom stereocenters. The molecule has 0 atom stereocenters. The second-order valence-corrected chi connectivity index (χ2v) is 3.66. The summed E-state index contributed by atoms with van der Waals surface area (Å²) < 4.78 is 0. The summed E-state index contributed by atoms with van der Waals surface area (Å²) in [5.74, 6) is -0.452. The number of benzene rings is 1. The lowest BCUT2D eigenvalue weighted by molar-refractivity contribution is -0.131. The smallest absolute Gasteiger partial charge is 0.246 e. The first kappa shape index (κ1) is 13.0. The van der Waals surface area contributed by atoms with Crippen molar-refractivity contribution < 1.29 is 9.59 Å². The highest BCUT2D eigenvalue weighted by atomic mass is 16.2. The number of hydrogen-bond acceptors (Lipinski definition) is 2. The van der Waals surface area contributed by atoms with Crippen LogP contribution in [0, 0.1) is 0 Å². The van der Waals surface area contributed by atoms with Crippen molar-refractivity contribution in [3.8, 4) is 0 Å². The van der Waals surface area contributed by atoms with Crippen LogP contribution >= 0.6 is 0 Å². The topological polar surface area (TPSA) is 49.4 Å². The minimum atomic E-state index is -0.264. The van der Waals surface area contributed by atoms with Gasteiger partial charge in [0.15, 0.2) is 0 Å². The minimum absolute atomic E-state index is 0.0394. The van der Waals surface area contributed by atoms with Gasteiger partial charge in [-0.05, 0) is 11.6 Å². The maximum Gasteiger partial charge on any atom is 0.246 e. The van der Waals surface area contributed by atoms with Crippen LogP contribution in [0.5, 0.6) is 0 Å². The molecule has 0 bridgehead atoms. The van der Waals surface area contributed by atoms with E-state index in [1.807, 2.05) is 30.3 Å². The van der Waals surface area contributed by atoms with Crippen molar-refractivity contribution in [1.29, 1.82) is 0 Å². The Bertz CT molecular complexity index is 401. The van der Waals surface area contributed by atoms with E-state index in [1.165, 1.54) is 11.0 Å². The first-order valence-corrected chi connectivity index (χ1v) is 5.31. The number of nitrogens with one attached hydrogen (secondary N) is 1. The Balaban J connectivity index is 2.36. The third-order valence-electron chi connectivity index (χ3n) is 2.26. The summed E-state index contributed by atoms with van der Waals surface area (Å²) in [4.78, 5) is 24.0. The number of amides is 2. The first-order chi connectivity index (χ1) is 8.13. The molecule has 1 rings (SSSR count). The van der Waals surface area contributed by atoms with Gasteiger partial charge in [0.2, 0.25) is 11.8 Å². The van der Waals surface area contributed by atoms with Gasteiger partial charge in [-0.15, -0.1) is 0 Å². The summed E-state index contributed by atoms with van der Waals surface area (Å²) in [6.07, 6.45) is 1.18. The van der Waals surface area contributed by atoms with Crippen LogP contribution < -0.4 is 5.32 Å². The molecule has 90 valence electrons. The summed E-state index contributed by atoms with van der Waals surface area (Å²) in [6, 6.07) is 9.60. The molecule has 0 aliphatic heterocycles. The highest BCUT2D eigenvalue weighted by molar-refractivity contribution is 5.90. The minimum Gasteiger partial charge on any atom is -0.350 e. The van der Waals surface area contributed by atoms with Gasteiger partial charge < -0.3 is 10.2 Å². The van der Waals surface area contributed by atoms with Gasteiger partial charge in [-0.25, -0.2) is 0 Å². The second kappa shape index (κ2) is 6.48. The van der Waals surface area contributed by atoms with Crippen molar-refractivity contribution in [2.45, 2.75) is 6.54 Å². The third kappa shape index (κ3) is 4.51. The summed E-state index contributed by atoms with van der Waals surface area (Å²) >= 11 is 0. The van der Waals surface area contributed by atoms with E-state index in [0.29, 0.717) is 6.54 Å². The molecule has 0 saturated heterocycles. The van der Waals surface area contributed by atoms with Crippen LogP contribution in [0.4, 0.5) is 0 Å². The number of carbonyl (C=O) groups excluding carboxylic acids is 2. The summed E-state index contributed by atoms with van der Waals surface area (Å²) in [5.41, 5.74) is 1.03. The molecule has 2 amide bonds. The number of rotatable bonds is 5. The van der Waals surface area contributed by atoms with E-state index in [2.05, 4.69) is 11.9 Å². The highest BCUT2D eigenvalue weighted by Crippen LogP contribution is 1.97. The van der Waals surface area contributed by atoms with Crippen molar-refractivity contribution in [1.82, 2.24) is 10.2 Å². The van der Waals surface area contributed by atoms with Crippen molar-refractivity contribution in [2.75, 3.05) is 13.6 Å². The van der Waals surface area contributed by atoms with Crippen LogP contribution in [-0.4, -0.2) is 30.3 Å². The number of likely N-dealkylation sites (N-methyl/N-ethyl adjacent to an activating group) is 1. The lowest BCUT2D eigenvalue weighted by Crippen LogP contribution is -2.37. The molecule has 0 aliphatic rings. The zero-order chi connectivity index (χ0) is 12.7. The van der Waals surface area contributed by atoms with Crippen molar-refractivity contribution in [3.05, 3.63) is 48.6 Å². The van der Waals surface area contributed by atoms with Gasteiger partial charge in [0.25, 0.3) is 0 Å². The molecule has 0 fully saturated rings. The average molecular weight is 232 g/mol. The van der Waals surface area contributed by atoms with Crippen LogP contribution in [0.2, 0.25) is 0 Å². The second-order valence-electron chi connectivity index (χ2n) is 3.66. The predicted molar refractivity (Wildman–Crippen MR) is 66.1 cm³/mol. The summed E-state index contributed by atoms with van der Waals surface area (Å²) in [6.45, 7) is 3.87. The molecule has 0 radical (unpaired) electrons. The van der Waals surface area contributed by atoms with E-state index in [-0.39, 0.29) is 18.4 Å². The first-order valence-electron chi connectivity index (χ1n) is 5.31. The Morgan fingerprint density at radius 3 is 2.59 bits per heavy atom. The van der Waals surface area contributed by atoms with Crippen molar-refractivity contribution >= 4 is 11.8 Å². The molecule has 0 saturated carbocycles. The van der Waals surface area contributed by atoms with E-state index in [0.717, 1.165) is 5.56 Å². The van der Waals surface area contributed by atoms with Crippen LogP contribution in [0.15, 0.2) is 43.0 Å². The maximum atomic E-state index is 11.5. The normalized spacial score (nSPS) is 9.47. The lowest BCUT2D eigenvalue weighted by atomic mass is 10.2. The zero-order valence-electron chi connectivity index (χ0n) is 9.85. The van der Waals surface area contributed by atoms with Crippen LogP contribution in [-0.2, 0) is 16.1 Å². The van der Waals surface area contributed by atoms with E-state index < -0.39 is 0 Å². The monoisotopic (exact) mass is 232 g/mol. The third-order valence-corrected chi connectivity index (χ3v) is 2.26. The van der Waals surface area contributed by atoms with Crippen molar-refractivity contribution in [3.63, 3.8) is 0 Å². The largest absolute Gasteiger partial charge is 0.350 e. The molecule has 0 heterocycles. The van der Waals surface area contributed by atoms with E-state index >= 15 is 0 Å². The van der Waals surface area contributed by atoms with Crippen LogP contribution in [0.3, 0.4) is 0 Å². The van der Waals surface area contributed by atoms with Crippen molar-refractivity contribution in [2.24, 2.45) is 0 Å². The standard InChI is InChI=1S/C13H16N2O2/c1-3-13(17)15(2)10-12(16)14-9-11-7-5-4-6-8-11/h3-8H,1,9-10H2,2H3,(H,14,16). The molecular weight excluding hydrogens is 216 g/mol. The van der Waals surface area contributed by atoms with Crippen LogP contribution in [0.25, 0.3) is 0 Å². The Morgan fingerprint density at radius 2 is 2.00 bits per heavy atom. The SMILES string of the molecule is C=CC(=O)N(C)CC(=O)NCc1ccccc1. The van der Waals surface area contributed by atoms with Gasteiger partial charge in [0.05, 0.1) is 6.54 Å². The highest BCUT2D eigenvalue weighted by Gasteiger charge is 2.09. The Hall–Kier alpha value is -2.10. The van der Waals surface area contributed by atoms with Gasteiger partial charge in [-0.3, -0.25) is 9.59 Å². The van der Waals surface area contributed by atoms with Gasteiger partial charge >= 0.3 is 0 Å². The molecule has 0 aliphatic carbocycles. The molecular formula is C13H16N2O2. The number of nitrogens with zero attached hydrogens (tertiary/aromatic N) is 1. The van der Waals surface area contributed by atoms with E-state index in [4.69, 9.17) is 0 Å². The van der Waals surface area contributed by atoms with Gasteiger partial charge in [0.1, 0.15) is 0 Å². The van der Waals surface area contributed by atoms with Gasteiger partial charge in [0, 0.05) is 13.6 Å². The predicted octanol–water partition coefficient (Wildman–Crippen LogP) is 0.947. The number of carbonyl (C=O) groups is 2. The Morgan fingerprint density at radius 1 is 1.35 bits per heavy atom. The quantitative estimate of drug-likeness (QED) is 0.768. The van der Waals surface area contributed by atoms with E-state index in [1.54, 1.807) is 7.05 Å². The maximum absolute atomic E-state index is 11.5. The van der Waals surface area contributed by atoms with Gasteiger partial charge in [-0.1, -0.05) is 36.9 Å². The average Bonchev–Trinajstić information content (AvgIpc) is 2.36. The Kier molecular flexibility index (Phi) is 4.94. The molecule has 4 heteroatoms. The van der Waals surface area contributed by atoms with E-state index in [9.17, 15) is 9.59 Å². The molecule has 4 nitrogen and oxygen atoms in total. The van der Waals surface area contributed by atoms with Crippen LogP contribution in [0.1, 0.15) is 5.56 Å². The molecule has 1 aromatic rings. The fourth-order valence-electron chi connectivity index (χ4n) is 1.30. The Labute approximate surface area is 101 Å². The molecule has 17 heavy (non-hydrogen) atoms. The fraction of sp³-hybridized carbons (Fsp3) is 0.231. The van der Waals surface area contributed by atoms with Gasteiger partial charge in [-0.2, -0.15) is 0 Å². The summed E-state index contributed by atoms with van der Waals surface area (Å²) in [7, 11) is 1.56. The summed E-state index contributed by atoms with van der Waals surface area (Å²) in [5, 5.41) is 2.74. The molecule has 1 N–H and O–H groups in total. The zero-order valence-corrected chi connectivity index (χ0v) is 9.85. The molecule has 0 spiro atoms.